The molecule has 2 atom stereocenters. The van der Waals surface area contributed by atoms with Gasteiger partial charge in [0, 0.05) is 6.42 Å². The number of carbonyl (C=O) groups is 2. The Kier molecular flexibility index (Phi) is 8.42. The third-order valence-corrected chi connectivity index (χ3v) is 3.88. The van der Waals surface area contributed by atoms with Crippen LogP contribution in [-0.4, -0.2) is 29.9 Å². The summed E-state index contributed by atoms with van der Waals surface area (Å²) >= 11 is 0. The molecule has 1 saturated carbocycles. The van der Waals surface area contributed by atoms with Crippen molar-refractivity contribution in [3.8, 4) is 0 Å². The highest BCUT2D eigenvalue weighted by molar-refractivity contribution is 5.81. The SMILES string of the molecule is CC(C)COC(C)ONC(=O)C[C@@H](CC1CCCC1)C(=O)O. The van der Waals surface area contributed by atoms with Crippen molar-refractivity contribution in [2.24, 2.45) is 17.8 Å². The van der Waals surface area contributed by atoms with Crippen molar-refractivity contribution in [1.82, 2.24) is 5.48 Å². The van der Waals surface area contributed by atoms with Gasteiger partial charge in [-0.15, -0.1) is 0 Å². The Labute approximate surface area is 132 Å². The molecule has 22 heavy (non-hydrogen) atoms. The van der Waals surface area contributed by atoms with Crippen molar-refractivity contribution >= 4 is 11.9 Å². The van der Waals surface area contributed by atoms with Gasteiger partial charge in [0.2, 0.25) is 5.91 Å². The number of hydroxylamine groups is 1. The molecule has 0 spiro atoms. The number of amides is 1. The Hall–Kier alpha value is -1.14. The smallest absolute Gasteiger partial charge is 0.307 e. The highest BCUT2D eigenvalue weighted by atomic mass is 16.8. The van der Waals surface area contributed by atoms with Crippen molar-refractivity contribution < 1.29 is 24.3 Å². The Balaban J connectivity index is 2.29. The van der Waals surface area contributed by atoms with Crippen LogP contribution in [0.2, 0.25) is 0 Å². The molecule has 1 unspecified atom stereocenters. The molecule has 6 nitrogen and oxygen atoms in total. The number of aliphatic carboxylic acids is 1. The molecule has 1 aliphatic carbocycles. The summed E-state index contributed by atoms with van der Waals surface area (Å²) < 4.78 is 5.36. The molecule has 1 fully saturated rings. The fraction of sp³-hybridized carbons (Fsp3) is 0.875. The first-order chi connectivity index (χ1) is 10.4. The van der Waals surface area contributed by atoms with E-state index in [1.165, 1.54) is 0 Å². The lowest BCUT2D eigenvalue weighted by Crippen LogP contribution is -2.33. The average Bonchev–Trinajstić information content (AvgIpc) is 2.95. The van der Waals surface area contributed by atoms with Gasteiger partial charge in [0.25, 0.3) is 0 Å². The van der Waals surface area contributed by atoms with Crippen LogP contribution in [0.1, 0.15) is 59.3 Å². The van der Waals surface area contributed by atoms with Crippen LogP contribution in [0.15, 0.2) is 0 Å². The highest BCUT2D eigenvalue weighted by Gasteiger charge is 2.27. The van der Waals surface area contributed by atoms with E-state index in [-0.39, 0.29) is 6.42 Å². The minimum atomic E-state index is -0.911. The summed E-state index contributed by atoms with van der Waals surface area (Å²) in [5, 5.41) is 9.26. The molecule has 128 valence electrons. The fourth-order valence-corrected chi connectivity index (χ4v) is 2.70. The van der Waals surface area contributed by atoms with Gasteiger partial charge >= 0.3 is 5.97 Å². The number of rotatable bonds is 10. The number of carboxylic acids is 1. The number of nitrogens with one attached hydrogen (secondary N) is 1. The predicted octanol–water partition coefficient (Wildman–Crippen LogP) is 2.72. The molecular weight excluding hydrogens is 286 g/mol. The quantitative estimate of drug-likeness (QED) is 0.478. The van der Waals surface area contributed by atoms with E-state index in [0.717, 1.165) is 25.7 Å². The van der Waals surface area contributed by atoms with Crippen LogP contribution in [0.3, 0.4) is 0 Å². The molecule has 0 heterocycles. The summed E-state index contributed by atoms with van der Waals surface area (Å²) in [6, 6.07) is 0. The van der Waals surface area contributed by atoms with Crippen LogP contribution in [0.5, 0.6) is 0 Å². The second kappa shape index (κ2) is 9.79. The molecule has 0 bridgehead atoms. The van der Waals surface area contributed by atoms with E-state index in [0.29, 0.717) is 24.9 Å². The summed E-state index contributed by atoms with van der Waals surface area (Å²) in [4.78, 5) is 28.2. The van der Waals surface area contributed by atoms with Crippen LogP contribution in [-0.2, 0) is 19.2 Å². The summed E-state index contributed by atoms with van der Waals surface area (Å²) in [5.74, 6) is -1.15. The zero-order valence-electron chi connectivity index (χ0n) is 13.8. The lowest BCUT2D eigenvalue weighted by molar-refractivity contribution is -0.184. The fourth-order valence-electron chi connectivity index (χ4n) is 2.70. The Bertz CT molecular complexity index is 352. The molecular formula is C16H29NO5. The van der Waals surface area contributed by atoms with E-state index in [1.807, 2.05) is 13.8 Å². The van der Waals surface area contributed by atoms with Crippen LogP contribution in [0.4, 0.5) is 0 Å². The van der Waals surface area contributed by atoms with Crippen LogP contribution in [0.25, 0.3) is 0 Å². The second-order valence-electron chi connectivity index (χ2n) is 6.56. The van der Waals surface area contributed by atoms with E-state index < -0.39 is 24.1 Å². The molecule has 1 amide bonds. The molecule has 0 aromatic carbocycles. The maximum absolute atomic E-state index is 11.8. The number of carboxylic acid groups (broad SMARTS) is 1. The molecule has 0 aromatic heterocycles. The van der Waals surface area contributed by atoms with Gasteiger partial charge in [0.05, 0.1) is 12.5 Å². The molecule has 2 N–H and O–H groups in total. The van der Waals surface area contributed by atoms with Gasteiger partial charge in [0.1, 0.15) is 0 Å². The van der Waals surface area contributed by atoms with Gasteiger partial charge in [-0.05, 0) is 25.2 Å². The van der Waals surface area contributed by atoms with Gasteiger partial charge in [-0.25, -0.2) is 10.3 Å². The minimum absolute atomic E-state index is 0.0528. The van der Waals surface area contributed by atoms with Crippen molar-refractivity contribution in [2.75, 3.05) is 6.61 Å². The first-order valence-electron chi connectivity index (χ1n) is 8.17. The van der Waals surface area contributed by atoms with E-state index in [2.05, 4.69) is 5.48 Å². The zero-order valence-corrected chi connectivity index (χ0v) is 13.8. The number of ether oxygens (including phenoxy) is 1. The number of hydrogen-bond donors (Lipinski definition) is 2. The molecule has 1 aliphatic rings. The maximum atomic E-state index is 11.8. The van der Waals surface area contributed by atoms with Gasteiger partial charge < -0.3 is 9.84 Å². The molecule has 0 saturated heterocycles. The van der Waals surface area contributed by atoms with Crippen molar-refractivity contribution in [2.45, 2.75) is 65.6 Å². The summed E-state index contributed by atoms with van der Waals surface area (Å²) in [7, 11) is 0. The molecule has 0 aromatic rings. The second-order valence-corrected chi connectivity index (χ2v) is 6.56. The Morgan fingerprint density at radius 3 is 2.41 bits per heavy atom. The van der Waals surface area contributed by atoms with E-state index >= 15 is 0 Å². The summed E-state index contributed by atoms with van der Waals surface area (Å²) in [5.41, 5.74) is 2.29. The van der Waals surface area contributed by atoms with Gasteiger partial charge in [-0.1, -0.05) is 39.5 Å². The van der Waals surface area contributed by atoms with Crippen molar-refractivity contribution in [1.29, 1.82) is 0 Å². The highest BCUT2D eigenvalue weighted by Crippen LogP contribution is 2.31. The standard InChI is InChI=1S/C16H29NO5/c1-11(2)10-21-12(3)22-17-15(18)9-14(16(19)20)8-13-6-4-5-7-13/h11-14H,4-10H2,1-3H3,(H,17,18)(H,19,20)/t12?,14-/m1/s1. The normalized spacial score (nSPS) is 18.4. The third-order valence-electron chi connectivity index (χ3n) is 3.88. The lowest BCUT2D eigenvalue weighted by Gasteiger charge is -2.18. The first kappa shape index (κ1) is 18.9. The van der Waals surface area contributed by atoms with E-state index in [4.69, 9.17) is 9.57 Å². The molecule has 1 rings (SSSR count). The minimum Gasteiger partial charge on any atom is -0.481 e. The third kappa shape index (κ3) is 7.75. The molecule has 0 radical (unpaired) electrons. The van der Waals surface area contributed by atoms with E-state index in [9.17, 15) is 14.7 Å². The largest absolute Gasteiger partial charge is 0.481 e. The first-order valence-corrected chi connectivity index (χ1v) is 8.17. The van der Waals surface area contributed by atoms with Crippen LogP contribution >= 0.6 is 0 Å². The predicted molar refractivity (Wildman–Crippen MR) is 81.8 cm³/mol. The van der Waals surface area contributed by atoms with Gasteiger partial charge in [-0.3, -0.25) is 9.59 Å². The topological polar surface area (TPSA) is 84.9 Å². The van der Waals surface area contributed by atoms with Crippen LogP contribution in [0, 0.1) is 17.8 Å². The van der Waals surface area contributed by atoms with Crippen molar-refractivity contribution in [3.63, 3.8) is 0 Å². The number of carbonyl (C=O) groups excluding carboxylic acids is 1. The monoisotopic (exact) mass is 315 g/mol. The maximum Gasteiger partial charge on any atom is 0.307 e. The Morgan fingerprint density at radius 1 is 1.23 bits per heavy atom. The molecule has 0 aliphatic heterocycles. The summed E-state index contributed by atoms with van der Waals surface area (Å²) in [6.07, 6.45) is 4.44. The molecule has 6 heteroatoms. The average molecular weight is 315 g/mol. The van der Waals surface area contributed by atoms with Crippen molar-refractivity contribution in [3.05, 3.63) is 0 Å². The van der Waals surface area contributed by atoms with Gasteiger partial charge in [-0.2, -0.15) is 0 Å². The van der Waals surface area contributed by atoms with Crippen LogP contribution < -0.4 is 5.48 Å². The van der Waals surface area contributed by atoms with Gasteiger partial charge in [0.15, 0.2) is 6.29 Å². The number of hydrogen-bond acceptors (Lipinski definition) is 4. The lowest BCUT2D eigenvalue weighted by atomic mass is 9.91. The van der Waals surface area contributed by atoms with E-state index in [1.54, 1.807) is 6.92 Å². The zero-order chi connectivity index (χ0) is 16.5. The summed E-state index contributed by atoms with van der Waals surface area (Å²) in [6.45, 7) is 6.27. The Morgan fingerprint density at radius 2 is 1.86 bits per heavy atom.